The minimum atomic E-state index is 0.321. The van der Waals surface area contributed by atoms with E-state index in [0.717, 1.165) is 30.7 Å². The minimum absolute atomic E-state index is 0.321. The van der Waals surface area contributed by atoms with E-state index in [1.807, 2.05) is 18.2 Å². The van der Waals surface area contributed by atoms with E-state index in [4.69, 9.17) is 11.2 Å². The molecule has 2 rings (SSSR count). The molecular weight excluding hydrogens is 210 g/mol. The molecule has 0 bridgehead atoms. The van der Waals surface area contributed by atoms with Crippen molar-refractivity contribution in [2.75, 3.05) is 6.61 Å². The average Bonchev–Trinajstić information content (AvgIpc) is 2.88. The molecule has 0 spiro atoms. The molecule has 0 atom stereocenters. The second-order valence-corrected chi connectivity index (χ2v) is 4.12. The standard InChI is InChI=1S/C15H17NO/c1-2-11-17-15-10-6-3-7-13(15)12-16-14-8-4-5-9-14/h1,3-7,10,14,16H,8-9,11-12H2. The van der Waals surface area contributed by atoms with Gasteiger partial charge >= 0.3 is 0 Å². The molecule has 0 fully saturated rings. The van der Waals surface area contributed by atoms with Gasteiger partial charge in [-0.15, -0.1) is 6.42 Å². The molecule has 88 valence electrons. The fraction of sp³-hybridized carbons (Fsp3) is 0.333. The zero-order valence-corrected chi connectivity index (χ0v) is 9.86. The molecule has 1 aliphatic carbocycles. The second kappa shape index (κ2) is 6.12. The highest BCUT2D eigenvalue weighted by molar-refractivity contribution is 5.33. The number of hydrogen-bond donors (Lipinski definition) is 1. The van der Waals surface area contributed by atoms with Crippen LogP contribution in [-0.4, -0.2) is 12.6 Å². The molecule has 0 radical (unpaired) electrons. The number of ether oxygens (including phenoxy) is 1. The number of nitrogens with one attached hydrogen (secondary N) is 1. The molecule has 0 aliphatic heterocycles. The van der Waals surface area contributed by atoms with Crippen molar-refractivity contribution in [1.29, 1.82) is 0 Å². The van der Waals surface area contributed by atoms with E-state index >= 15 is 0 Å². The van der Waals surface area contributed by atoms with Crippen LogP contribution >= 0.6 is 0 Å². The molecule has 2 nitrogen and oxygen atoms in total. The lowest BCUT2D eigenvalue weighted by Crippen LogP contribution is -2.25. The molecular formula is C15H17NO. The Morgan fingerprint density at radius 2 is 2.06 bits per heavy atom. The fourth-order valence-corrected chi connectivity index (χ4v) is 1.95. The number of para-hydroxylation sites is 1. The summed E-state index contributed by atoms with van der Waals surface area (Å²) in [5.74, 6) is 3.37. The Morgan fingerprint density at radius 1 is 1.29 bits per heavy atom. The molecule has 1 aromatic carbocycles. The van der Waals surface area contributed by atoms with E-state index in [1.165, 1.54) is 0 Å². The zero-order chi connectivity index (χ0) is 11.9. The fourth-order valence-electron chi connectivity index (χ4n) is 1.95. The lowest BCUT2D eigenvalue weighted by atomic mass is 10.1. The molecule has 0 aromatic heterocycles. The molecule has 0 amide bonds. The number of terminal acetylenes is 1. The van der Waals surface area contributed by atoms with Crippen molar-refractivity contribution in [3.05, 3.63) is 42.0 Å². The van der Waals surface area contributed by atoms with E-state index in [1.54, 1.807) is 0 Å². The van der Waals surface area contributed by atoms with Crippen LogP contribution in [0.5, 0.6) is 5.75 Å². The Morgan fingerprint density at radius 3 is 2.82 bits per heavy atom. The molecule has 0 saturated carbocycles. The van der Waals surface area contributed by atoms with E-state index in [9.17, 15) is 0 Å². The number of benzene rings is 1. The van der Waals surface area contributed by atoms with E-state index in [0.29, 0.717) is 12.6 Å². The van der Waals surface area contributed by atoms with Crippen LogP contribution in [-0.2, 0) is 6.54 Å². The maximum atomic E-state index is 5.51. The Hall–Kier alpha value is -1.72. The molecule has 1 aromatic rings. The average molecular weight is 227 g/mol. The normalized spacial score (nSPS) is 14.8. The van der Waals surface area contributed by atoms with E-state index in [-0.39, 0.29) is 0 Å². The summed E-state index contributed by atoms with van der Waals surface area (Å²) in [6, 6.07) is 8.58. The summed E-state index contributed by atoms with van der Waals surface area (Å²) in [5.41, 5.74) is 1.16. The van der Waals surface area contributed by atoms with Crippen molar-refractivity contribution < 1.29 is 4.74 Å². The van der Waals surface area contributed by atoms with Crippen LogP contribution in [0, 0.1) is 12.3 Å². The third-order valence-corrected chi connectivity index (χ3v) is 2.87. The third-order valence-electron chi connectivity index (χ3n) is 2.87. The van der Waals surface area contributed by atoms with Crippen molar-refractivity contribution >= 4 is 0 Å². The van der Waals surface area contributed by atoms with Crippen LogP contribution in [0.15, 0.2) is 36.4 Å². The van der Waals surface area contributed by atoms with Gasteiger partial charge in [-0.1, -0.05) is 36.3 Å². The van der Waals surface area contributed by atoms with Gasteiger partial charge < -0.3 is 10.1 Å². The Bertz CT molecular complexity index is 423. The van der Waals surface area contributed by atoms with Gasteiger partial charge in [0.2, 0.25) is 0 Å². The maximum Gasteiger partial charge on any atom is 0.148 e. The topological polar surface area (TPSA) is 21.3 Å². The lowest BCUT2D eigenvalue weighted by molar-refractivity contribution is 0.363. The Balaban J connectivity index is 1.92. The van der Waals surface area contributed by atoms with Gasteiger partial charge in [0.1, 0.15) is 12.4 Å². The van der Waals surface area contributed by atoms with Gasteiger partial charge in [0.05, 0.1) is 0 Å². The van der Waals surface area contributed by atoms with Crippen LogP contribution < -0.4 is 10.1 Å². The molecule has 17 heavy (non-hydrogen) atoms. The molecule has 0 unspecified atom stereocenters. The van der Waals surface area contributed by atoms with Crippen molar-refractivity contribution in [1.82, 2.24) is 5.32 Å². The van der Waals surface area contributed by atoms with Crippen LogP contribution in [0.1, 0.15) is 18.4 Å². The minimum Gasteiger partial charge on any atom is -0.481 e. The summed E-state index contributed by atoms with van der Waals surface area (Å²) in [5, 5.41) is 3.52. The summed E-state index contributed by atoms with van der Waals surface area (Å²) >= 11 is 0. The van der Waals surface area contributed by atoms with Crippen LogP contribution in [0.4, 0.5) is 0 Å². The molecule has 1 aliphatic rings. The first-order chi connectivity index (χ1) is 8.40. The van der Waals surface area contributed by atoms with E-state index < -0.39 is 0 Å². The van der Waals surface area contributed by atoms with Gasteiger partial charge in [-0.3, -0.25) is 0 Å². The smallest absolute Gasteiger partial charge is 0.148 e. The molecule has 0 heterocycles. The predicted octanol–water partition coefficient (Wildman–Crippen LogP) is 2.51. The van der Waals surface area contributed by atoms with Gasteiger partial charge in [-0.25, -0.2) is 0 Å². The molecule has 2 heteroatoms. The van der Waals surface area contributed by atoms with Crippen molar-refractivity contribution in [2.24, 2.45) is 0 Å². The predicted molar refractivity (Wildman–Crippen MR) is 69.8 cm³/mol. The summed E-state index contributed by atoms with van der Waals surface area (Å²) < 4.78 is 5.51. The lowest BCUT2D eigenvalue weighted by Gasteiger charge is -2.14. The van der Waals surface area contributed by atoms with E-state index in [2.05, 4.69) is 29.5 Å². The number of hydrogen-bond acceptors (Lipinski definition) is 2. The molecule has 0 saturated heterocycles. The number of rotatable bonds is 5. The Kier molecular flexibility index (Phi) is 4.23. The highest BCUT2D eigenvalue weighted by Crippen LogP contribution is 2.18. The van der Waals surface area contributed by atoms with Gasteiger partial charge in [0, 0.05) is 18.2 Å². The summed E-state index contributed by atoms with van der Waals surface area (Å²) in [6.45, 7) is 1.15. The first-order valence-corrected chi connectivity index (χ1v) is 5.92. The zero-order valence-electron chi connectivity index (χ0n) is 9.86. The molecule has 1 N–H and O–H groups in total. The maximum absolute atomic E-state index is 5.51. The summed E-state index contributed by atoms with van der Waals surface area (Å²) in [6.07, 6.45) is 11.9. The summed E-state index contributed by atoms with van der Waals surface area (Å²) in [4.78, 5) is 0. The quantitative estimate of drug-likeness (QED) is 0.616. The van der Waals surface area contributed by atoms with Gasteiger partial charge in [-0.05, 0) is 18.9 Å². The first-order valence-electron chi connectivity index (χ1n) is 5.92. The second-order valence-electron chi connectivity index (χ2n) is 4.12. The highest BCUT2D eigenvalue weighted by atomic mass is 16.5. The van der Waals surface area contributed by atoms with Gasteiger partial charge in [0.15, 0.2) is 0 Å². The first kappa shape index (κ1) is 11.8. The monoisotopic (exact) mass is 227 g/mol. The Labute approximate surface area is 103 Å². The van der Waals surface area contributed by atoms with Gasteiger partial charge in [0.25, 0.3) is 0 Å². The largest absolute Gasteiger partial charge is 0.481 e. The van der Waals surface area contributed by atoms with Crippen LogP contribution in [0.3, 0.4) is 0 Å². The van der Waals surface area contributed by atoms with Crippen molar-refractivity contribution in [3.8, 4) is 18.1 Å². The highest BCUT2D eigenvalue weighted by Gasteiger charge is 2.10. The van der Waals surface area contributed by atoms with Gasteiger partial charge in [-0.2, -0.15) is 0 Å². The summed E-state index contributed by atoms with van der Waals surface area (Å²) in [7, 11) is 0. The van der Waals surface area contributed by atoms with Crippen molar-refractivity contribution in [2.45, 2.75) is 25.4 Å². The van der Waals surface area contributed by atoms with Crippen molar-refractivity contribution in [3.63, 3.8) is 0 Å². The SMILES string of the molecule is C#CCOc1ccccc1CNC1CC=CC1. The van der Waals surface area contributed by atoms with Crippen LogP contribution in [0.25, 0.3) is 0 Å². The van der Waals surface area contributed by atoms with Crippen LogP contribution in [0.2, 0.25) is 0 Å². The third kappa shape index (κ3) is 3.37.